The van der Waals surface area contributed by atoms with E-state index in [1.807, 2.05) is 0 Å². The van der Waals surface area contributed by atoms with Gasteiger partial charge >= 0.3 is 0 Å². The molecule has 0 saturated carbocycles. The molecule has 0 rings (SSSR count). The quantitative estimate of drug-likeness (QED) is 0.491. The lowest BCUT2D eigenvalue weighted by Crippen LogP contribution is -2.19. The van der Waals surface area contributed by atoms with Crippen molar-refractivity contribution >= 4 is 17.9 Å². The van der Waals surface area contributed by atoms with Gasteiger partial charge in [-0.25, -0.2) is 0 Å². The molecule has 0 aromatic heterocycles. The summed E-state index contributed by atoms with van der Waals surface area (Å²) < 4.78 is 0. The molecule has 0 fully saturated rings. The fourth-order valence-corrected chi connectivity index (χ4v) is 0.844. The summed E-state index contributed by atoms with van der Waals surface area (Å²) in [6.45, 7) is 2.90. The van der Waals surface area contributed by atoms with Crippen LogP contribution in [0.1, 0.15) is 32.6 Å². The van der Waals surface area contributed by atoms with Crippen LogP contribution >= 0.6 is 0 Å². The van der Waals surface area contributed by atoms with Gasteiger partial charge in [0.1, 0.15) is 0 Å². The first-order valence-corrected chi connectivity index (χ1v) is 4.13. The van der Waals surface area contributed by atoms with E-state index in [1.165, 1.54) is 19.3 Å². The summed E-state index contributed by atoms with van der Waals surface area (Å²) in [5, 5.41) is 2.24. The van der Waals surface area contributed by atoms with Gasteiger partial charge in [0.25, 0.3) is 0 Å². The monoisotopic (exact) mass is 160 g/mol. The molecular weight excluding hydrogens is 146 g/mol. The average Bonchev–Trinajstić information content (AvgIpc) is 1.87. The molecule has 0 atom stereocenters. The van der Waals surface area contributed by atoms with Crippen molar-refractivity contribution in [3.05, 3.63) is 0 Å². The fraction of sp³-hybridized carbons (Fsp3) is 0.857. The third-order valence-corrected chi connectivity index (χ3v) is 1.44. The molecule has 10 heavy (non-hydrogen) atoms. The normalized spacial score (nSPS) is 9.30. The number of nitrogens with one attached hydrogen (secondary N) is 1. The second kappa shape index (κ2) is 6.81. The van der Waals surface area contributed by atoms with Crippen LogP contribution in [0.2, 0.25) is 0 Å². The highest BCUT2D eigenvalue weighted by Gasteiger charge is 1.85. The standard InChI is InChI=1S/C7H15NOS/c1-2-3-4-5-6-8-7(9)10/h2-6H2,1H3,(H2,8,9,10)/p-1. The Morgan fingerprint density at radius 3 is 2.60 bits per heavy atom. The molecule has 0 unspecified atom stereocenters. The van der Waals surface area contributed by atoms with Gasteiger partial charge in [-0.1, -0.05) is 26.2 Å². The summed E-state index contributed by atoms with van der Waals surface area (Å²) in [5.41, 5.74) is 0. The fourth-order valence-electron chi connectivity index (χ4n) is 0.742. The van der Waals surface area contributed by atoms with Crippen LogP contribution in [0.4, 0.5) is 4.79 Å². The molecule has 0 aliphatic carbocycles. The molecule has 1 N–H and O–H groups in total. The van der Waals surface area contributed by atoms with Crippen LogP contribution in [-0.4, -0.2) is 11.8 Å². The summed E-state index contributed by atoms with van der Waals surface area (Å²) in [4.78, 5) is 10.2. The summed E-state index contributed by atoms with van der Waals surface area (Å²) in [5.74, 6) is 0. The Balaban J connectivity index is 2.84. The Labute approximate surface area is 67.8 Å². The zero-order chi connectivity index (χ0) is 7.82. The number of carbonyl (C=O) groups is 1. The van der Waals surface area contributed by atoms with Crippen molar-refractivity contribution in [1.29, 1.82) is 0 Å². The maximum absolute atomic E-state index is 10.2. The lowest BCUT2D eigenvalue weighted by Gasteiger charge is -2.06. The summed E-state index contributed by atoms with van der Waals surface area (Å²) in [7, 11) is 0. The highest BCUT2D eigenvalue weighted by atomic mass is 32.1. The number of rotatable bonds is 5. The first kappa shape index (κ1) is 9.69. The molecule has 0 spiro atoms. The van der Waals surface area contributed by atoms with Crippen molar-refractivity contribution in [3.63, 3.8) is 0 Å². The van der Waals surface area contributed by atoms with E-state index in [1.54, 1.807) is 0 Å². The van der Waals surface area contributed by atoms with Crippen molar-refractivity contribution in [2.75, 3.05) is 6.54 Å². The van der Waals surface area contributed by atoms with Crippen LogP contribution in [0.25, 0.3) is 0 Å². The van der Waals surface area contributed by atoms with E-state index in [0.29, 0.717) is 0 Å². The van der Waals surface area contributed by atoms with Crippen LogP contribution < -0.4 is 5.32 Å². The number of amides is 1. The van der Waals surface area contributed by atoms with Gasteiger partial charge in [0.2, 0.25) is 0 Å². The summed E-state index contributed by atoms with van der Waals surface area (Å²) in [6.07, 6.45) is 4.71. The Hall–Kier alpha value is -0.310. The van der Waals surface area contributed by atoms with Crippen LogP contribution in [0.5, 0.6) is 0 Å². The van der Waals surface area contributed by atoms with Crippen molar-refractivity contribution in [2.45, 2.75) is 32.6 Å². The molecule has 3 heteroatoms. The first-order chi connectivity index (χ1) is 4.77. The number of carbonyl (C=O) groups excluding carboxylic acids is 1. The third-order valence-electron chi connectivity index (χ3n) is 1.30. The second-order valence-corrected chi connectivity index (χ2v) is 2.65. The minimum atomic E-state index is -0.337. The van der Waals surface area contributed by atoms with E-state index in [2.05, 4.69) is 24.9 Å². The van der Waals surface area contributed by atoms with Gasteiger partial charge in [0, 0.05) is 6.54 Å². The van der Waals surface area contributed by atoms with Crippen LogP contribution in [-0.2, 0) is 12.6 Å². The van der Waals surface area contributed by atoms with Gasteiger partial charge < -0.3 is 22.7 Å². The maximum Gasteiger partial charge on any atom is 0.0980 e. The van der Waals surface area contributed by atoms with Crippen LogP contribution in [0.3, 0.4) is 0 Å². The van der Waals surface area contributed by atoms with Gasteiger partial charge in [0.05, 0.1) is 5.24 Å². The molecular formula is C7H14NOS-. The number of hydrogen-bond donors (Lipinski definition) is 1. The van der Waals surface area contributed by atoms with E-state index >= 15 is 0 Å². The molecule has 60 valence electrons. The maximum atomic E-state index is 10.2. The van der Waals surface area contributed by atoms with E-state index in [0.717, 1.165) is 13.0 Å². The SMILES string of the molecule is CCCCCCNC(=O)[S-]. The summed E-state index contributed by atoms with van der Waals surface area (Å²) >= 11 is 4.31. The second-order valence-electron chi connectivity index (χ2n) is 2.27. The third kappa shape index (κ3) is 7.69. The molecule has 2 nitrogen and oxygen atoms in total. The molecule has 0 radical (unpaired) electrons. The first-order valence-electron chi connectivity index (χ1n) is 3.72. The van der Waals surface area contributed by atoms with Crippen molar-refractivity contribution in [1.82, 2.24) is 5.32 Å². The Kier molecular flexibility index (Phi) is 6.59. The van der Waals surface area contributed by atoms with E-state index in [4.69, 9.17) is 0 Å². The van der Waals surface area contributed by atoms with Crippen LogP contribution in [0, 0.1) is 0 Å². The van der Waals surface area contributed by atoms with Crippen molar-refractivity contribution in [3.8, 4) is 0 Å². The minimum Gasteiger partial charge on any atom is -0.719 e. The average molecular weight is 160 g/mol. The molecule has 0 aromatic rings. The van der Waals surface area contributed by atoms with Crippen LogP contribution in [0.15, 0.2) is 0 Å². The lowest BCUT2D eigenvalue weighted by molar-refractivity contribution is 0.260. The summed E-state index contributed by atoms with van der Waals surface area (Å²) in [6, 6.07) is 0. The van der Waals surface area contributed by atoms with E-state index in [9.17, 15) is 4.79 Å². The van der Waals surface area contributed by atoms with Crippen molar-refractivity contribution < 1.29 is 4.79 Å². The highest BCUT2D eigenvalue weighted by Crippen LogP contribution is 1.96. The molecule has 0 aromatic carbocycles. The zero-order valence-corrected chi connectivity index (χ0v) is 7.17. The number of hydrogen-bond acceptors (Lipinski definition) is 2. The molecule has 0 bridgehead atoms. The largest absolute Gasteiger partial charge is 0.719 e. The van der Waals surface area contributed by atoms with Gasteiger partial charge in [-0.2, -0.15) is 0 Å². The highest BCUT2D eigenvalue weighted by molar-refractivity contribution is 7.76. The lowest BCUT2D eigenvalue weighted by atomic mass is 10.2. The molecule has 1 amide bonds. The van der Waals surface area contributed by atoms with Crippen molar-refractivity contribution in [2.24, 2.45) is 0 Å². The van der Waals surface area contributed by atoms with Gasteiger partial charge in [0.15, 0.2) is 0 Å². The predicted molar refractivity (Wildman–Crippen MR) is 44.9 cm³/mol. The minimum absolute atomic E-state index is 0.337. The van der Waals surface area contributed by atoms with E-state index in [-0.39, 0.29) is 5.24 Å². The molecule has 0 heterocycles. The predicted octanol–water partition coefficient (Wildman–Crippen LogP) is 1.82. The zero-order valence-electron chi connectivity index (χ0n) is 6.35. The van der Waals surface area contributed by atoms with Gasteiger partial charge in [-0.3, -0.25) is 0 Å². The Bertz CT molecular complexity index is 95.6. The topological polar surface area (TPSA) is 29.1 Å². The molecule has 0 aliphatic rings. The molecule has 0 aliphatic heterocycles. The van der Waals surface area contributed by atoms with Gasteiger partial charge in [-0.15, -0.1) is 0 Å². The van der Waals surface area contributed by atoms with Gasteiger partial charge in [-0.05, 0) is 6.42 Å². The Morgan fingerprint density at radius 1 is 1.40 bits per heavy atom. The van der Waals surface area contributed by atoms with E-state index < -0.39 is 0 Å². The number of unbranched alkanes of at least 4 members (excludes halogenated alkanes) is 3. The smallest absolute Gasteiger partial charge is 0.0980 e. The molecule has 0 saturated heterocycles. The Morgan fingerprint density at radius 2 is 2.10 bits per heavy atom.